The minimum atomic E-state index is -0.398. The van der Waals surface area contributed by atoms with Gasteiger partial charge in [-0.15, -0.1) is 0 Å². The van der Waals surface area contributed by atoms with Crippen LogP contribution in [-0.4, -0.2) is 39.4 Å². The molecule has 0 aliphatic carbocycles. The summed E-state index contributed by atoms with van der Waals surface area (Å²) >= 11 is 0. The number of anilines is 2. The maximum Gasteiger partial charge on any atom is 0.340 e. The predicted octanol–water partition coefficient (Wildman–Crippen LogP) is 1.59. The van der Waals surface area contributed by atoms with E-state index in [9.17, 15) is 4.79 Å². The molecule has 0 radical (unpaired) electrons. The quantitative estimate of drug-likeness (QED) is 0.663. The second-order valence-electron chi connectivity index (χ2n) is 4.81. The van der Waals surface area contributed by atoms with Crippen molar-refractivity contribution in [3.05, 3.63) is 23.3 Å². The van der Waals surface area contributed by atoms with Crippen LogP contribution in [0.5, 0.6) is 0 Å². The minimum absolute atomic E-state index is 0.249. The Morgan fingerprint density at radius 1 is 1.42 bits per heavy atom. The zero-order valence-electron chi connectivity index (χ0n) is 11.6. The van der Waals surface area contributed by atoms with Crippen LogP contribution in [0.25, 0.3) is 0 Å². The fourth-order valence-corrected chi connectivity index (χ4v) is 2.40. The van der Waals surface area contributed by atoms with Crippen molar-refractivity contribution >= 4 is 17.3 Å². The summed E-state index contributed by atoms with van der Waals surface area (Å²) in [4.78, 5) is 13.9. The maximum atomic E-state index is 11.7. The van der Waals surface area contributed by atoms with Crippen LogP contribution in [0.1, 0.15) is 22.3 Å². The largest absolute Gasteiger partial charge is 0.465 e. The molecule has 104 valence electrons. The van der Waals surface area contributed by atoms with Crippen LogP contribution in [0, 0.1) is 6.92 Å². The first kappa shape index (κ1) is 13.7. The fraction of sp³-hybridized carbons (Fsp3) is 0.500. The van der Waals surface area contributed by atoms with Crippen LogP contribution < -0.4 is 10.6 Å². The second kappa shape index (κ2) is 5.48. The van der Waals surface area contributed by atoms with Crippen LogP contribution in [0.15, 0.2) is 12.1 Å². The Bertz CT molecular complexity index is 488. The first-order valence-electron chi connectivity index (χ1n) is 6.33. The lowest BCUT2D eigenvalue weighted by Crippen LogP contribution is -2.23. The van der Waals surface area contributed by atoms with Gasteiger partial charge >= 0.3 is 5.97 Å². The van der Waals surface area contributed by atoms with E-state index in [2.05, 4.69) is 4.90 Å². The summed E-state index contributed by atoms with van der Waals surface area (Å²) in [6, 6.07) is 3.80. The van der Waals surface area contributed by atoms with E-state index < -0.39 is 5.97 Å². The Kier molecular flexibility index (Phi) is 3.95. The number of hydrogen-bond acceptors (Lipinski definition) is 5. The molecule has 2 N–H and O–H groups in total. The molecule has 2 rings (SSSR count). The topological polar surface area (TPSA) is 64.8 Å². The fourth-order valence-electron chi connectivity index (χ4n) is 2.40. The average Bonchev–Trinajstić information content (AvgIpc) is 2.89. The van der Waals surface area contributed by atoms with Crippen LogP contribution >= 0.6 is 0 Å². The Morgan fingerprint density at radius 3 is 2.74 bits per heavy atom. The smallest absolute Gasteiger partial charge is 0.340 e. The summed E-state index contributed by atoms with van der Waals surface area (Å²) in [6.45, 7) is 3.65. The molecule has 1 atom stereocenters. The van der Waals surface area contributed by atoms with E-state index in [1.807, 2.05) is 13.0 Å². The first-order chi connectivity index (χ1) is 9.06. The molecule has 1 saturated heterocycles. The molecule has 1 aliphatic rings. The van der Waals surface area contributed by atoms with E-state index in [0.29, 0.717) is 11.3 Å². The van der Waals surface area contributed by atoms with Gasteiger partial charge in [-0.2, -0.15) is 0 Å². The molecule has 1 fully saturated rings. The molecule has 0 bridgehead atoms. The van der Waals surface area contributed by atoms with Crippen molar-refractivity contribution < 1.29 is 14.3 Å². The van der Waals surface area contributed by atoms with E-state index in [4.69, 9.17) is 15.2 Å². The van der Waals surface area contributed by atoms with Gasteiger partial charge in [-0.25, -0.2) is 4.79 Å². The molecule has 5 heteroatoms. The van der Waals surface area contributed by atoms with E-state index >= 15 is 0 Å². The summed E-state index contributed by atoms with van der Waals surface area (Å²) in [7, 11) is 3.09. The Labute approximate surface area is 113 Å². The lowest BCUT2D eigenvalue weighted by Gasteiger charge is -2.20. The standard InChI is InChI=1S/C14H20N2O3/c1-9-6-10(16-5-4-11(8-16)18-2)7-12(13(9)15)14(17)19-3/h6-7,11H,4-5,8,15H2,1-3H3. The number of carbonyl (C=O) groups is 1. The second-order valence-corrected chi connectivity index (χ2v) is 4.81. The number of carbonyl (C=O) groups excluding carboxylic acids is 1. The van der Waals surface area contributed by atoms with Crippen LogP contribution in [0.2, 0.25) is 0 Å². The van der Waals surface area contributed by atoms with Gasteiger partial charge in [0.1, 0.15) is 0 Å². The van der Waals surface area contributed by atoms with Crippen LogP contribution in [-0.2, 0) is 9.47 Å². The highest BCUT2D eigenvalue weighted by molar-refractivity contribution is 5.97. The van der Waals surface area contributed by atoms with Gasteiger partial charge in [0.2, 0.25) is 0 Å². The Hall–Kier alpha value is -1.75. The number of nitrogens with zero attached hydrogens (tertiary/aromatic N) is 1. The number of esters is 1. The zero-order chi connectivity index (χ0) is 14.0. The number of methoxy groups -OCH3 is 2. The summed E-state index contributed by atoms with van der Waals surface area (Å²) in [5, 5.41) is 0. The van der Waals surface area contributed by atoms with Gasteiger partial charge in [0.15, 0.2) is 0 Å². The molecule has 1 aromatic carbocycles. The molecule has 1 heterocycles. The van der Waals surface area contributed by atoms with Gasteiger partial charge in [-0.3, -0.25) is 0 Å². The van der Waals surface area contributed by atoms with Gasteiger partial charge in [0.05, 0.1) is 18.8 Å². The summed E-state index contributed by atoms with van der Waals surface area (Å²) in [6.07, 6.45) is 1.24. The van der Waals surface area contributed by atoms with Gasteiger partial charge in [0, 0.05) is 31.6 Å². The summed E-state index contributed by atoms with van der Waals surface area (Å²) < 4.78 is 10.1. The van der Waals surface area contributed by atoms with E-state index in [-0.39, 0.29) is 6.10 Å². The predicted molar refractivity (Wildman–Crippen MR) is 74.6 cm³/mol. The lowest BCUT2D eigenvalue weighted by molar-refractivity contribution is 0.0602. The molecular weight excluding hydrogens is 244 g/mol. The van der Waals surface area contributed by atoms with Gasteiger partial charge in [-0.05, 0) is 31.0 Å². The Balaban J connectivity index is 2.32. The molecular formula is C14H20N2O3. The number of nitrogen functional groups attached to an aromatic ring is 1. The minimum Gasteiger partial charge on any atom is -0.465 e. The van der Waals surface area contributed by atoms with Crippen LogP contribution in [0.4, 0.5) is 11.4 Å². The van der Waals surface area contributed by atoms with Crippen molar-refractivity contribution in [2.45, 2.75) is 19.4 Å². The molecule has 0 spiro atoms. The van der Waals surface area contributed by atoms with Gasteiger partial charge in [0.25, 0.3) is 0 Å². The number of nitrogens with two attached hydrogens (primary N) is 1. The molecule has 0 aromatic heterocycles. The highest BCUT2D eigenvalue weighted by Crippen LogP contribution is 2.28. The molecule has 0 amide bonds. The molecule has 5 nitrogen and oxygen atoms in total. The molecule has 19 heavy (non-hydrogen) atoms. The third-order valence-corrected chi connectivity index (χ3v) is 3.62. The summed E-state index contributed by atoms with van der Waals surface area (Å²) in [5.41, 5.74) is 8.73. The van der Waals surface area contributed by atoms with Crippen molar-refractivity contribution in [2.75, 3.05) is 37.9 Å². The van der Waals surface area contributed by atoms with Crippen molar-refractivity contribution in [1.82, 2.24) is 0 Å². The Morgan fingerprint density at radius 2 is 2.16 bits per heavy atom. The normalized spacial score (nSPS) is 18.7. The first-order valence-corrected chi connectivity index (χ1v) is 6.33. The van der Waals surface area contributed by atoms with E-state index in [0.717, 1.165) is 30.8 Å². The number of rotatable bonds is 3. The van der Waals surface area contributed by atoms with E-state index in [1.54, 1.807) is 13.2 Å². The van der Waals surface area contributed by atoms with Crippen molar-refractivity contribution in [2.24, 2.45) is 0 Å². The third-order valence-electron chi connectivity index (χ3n) is 3.62. The van der Waals surface area contributed by atoms with Gasteiger partial charge < -0.3 is 20.1 Å². The molecule has 1 aromatic rings. The molecule has 1 unspecified atom stereocenters. The number of aryl methyl sites for hydroxylation is 1. The number of ether oxygens (including phenoxy) is 2. The van der Waals surface area contributed by atoms with Crippen molar-refractivity contribution in [3.63, 3.8) is 0 Å². The van der Waals surface area contributed by atoms with Crippen LogP contribution in [0.3, 0.4) is 0 Å². The SMILES string of the molecule is COC(=O)c1cc(N2CCC(OC)C2)cc(C)c1N. The molecule has 1 aliphatic heterocycles. The zero-order valence-corrected chi connectivity index (χ0v) is 11.6. The number of benzene rings is 1. The monoisotopic (exact) mass is 264 g/mol. The van der Waals surface area contributed by atoms with Gasteiger partial charge in [-0.1, -0.05) is 0 Å². The lowest BCUT2D eigenvalue weighted by atomic mass is 10.1. The summed E-state index contributed by atoms with van der Waals surface area (Å²) in [5.74, 6) is -0.398. The van der Waals surface area contributed by atoms with Crippen molar-refractivity contribution in [3.8, 4) is 0 Å². The maximum absolute atomic E-state index is 11.7. The van der Waals surface area contributed by atoms with Crippen molar-refractivity contribution in [1.29, 1.82) is 0 Å². The highest BCUT2D eigenvalue weighted by Gasteiger charge is 2.24. The van der Waals surface area contributed by atoms with E-state index in [1.165, 1.54) is 7.11 Å². The number of hydrogen-bond donors (Lipinski definition) is 1. The third kappa shape index (κ3) is 2.66. The highest BCUT2D eigenvalue weighted by atomic mass is 16.5. The average molecular weight is 264 g/mol. The molecule has 0 saturated carbocycles.